The second kappa shape index (κ2) is 7.95. The van der Waals surface area contributed by atoms with Crippen molar-refractivity contribution in [2.45, 2.75) is 35.8 Å². The first-order valence-corrected chi connectivity index (χ1v) is 10.7. The number of fused-ring (bicyclic) bond motifs is 4. The van der Waals surface area contributed by atoms with E-state index in [4.69, 9.17) is 34.8 Å². The third-order valence-corrected chi connectivity index (χ3v) is 6.38. The number of nitrogens with zero attached hydrogens (tertiary/aromatic N) is 2. The number of amides is 1. The van der Waals surface area contributed by atoms with Crippen LogP contribution in [-0.2, 0) is 6.54 Å². The number of rotatable bonds is 3. The molecule has 2 aliphatic heterocycles. The van der Waals surface area contributed by atoms with E-state index >= 15 is 0 Å². The highest BCUT2D eigenvalue weighted by atomic mass is 35.6. The molecule has 1 aromatic heterocycles. The molecule has 0 radical (unpaired) electrons. The van der Waals surface area contributed by atoms with Crippen molar-refractivity contribution in [1.82, 2.24) is 14.8 Å². The van der Waals surface area contributed by atoms with Crippen molar-refractivity contribution in [3.63, 3.8) is 0 Å². The van der Waals surface area contributed by atoms with Crippen LogP contribution in [0.3, 0.4) is 0 Å². The van der Waals surface area contributed by atoms with Gasteiger partial charge in [-0.2, -0.15) is 0 Å². The number of carbonyl (C=O) groups is 1. The molecule has 0 spiro atoms. The zero-order chi connectivity index (χ0) is 20.8. The minimum Gasteiger partial charge on any atom is -0.332 e. The van der Waals surface area contributed by atoms with E-state index in [-0.39, 0.29) is 23.3 Å². The van der Waals surface area contributed by atoms with E-state index in [9.17, 15) is 9.59 Å². The highest BCUT2D eigenvalue weighted by Crippen LogP contribution is 2.39. The first-order valence-electron chi connectivity index (χ1n) is 9.60. The van der Waals surface area contributed by atoms with E-state index in [0.29, 0.717) is 25.2 Å². The fourth-order valence-electron chi connectivity index (χ4n) is 4.44. The molecule has 2 bridgehead atoms. The van der Waals surface area contributed by atoms with Crippen LogP contribution in [-0.4, -0.2) is 38.4 Å². The number of hydrogen-bond donors (Lipinski definition) is 1. The molecule has 29 heavy (non-hydrogen) atoms. The van der Waals surface area contributed by atoms with Crippen molar-refractivity contribution in [1.29, 1.82) is 0 Å². The van der Waals surface area contributed by atoms with Gasteiger partial charge in [0, 0.05) is 42.9 Å². The maximum absolute atomic E-state index is 12.8. The summed E-state index contributed by atoms with van der Waals surface area (Å²) in [4.78, 5) is 27.0. The molecule has 1 amide bonds. The van der Waals surface area contributed by atoms with Crippen molar-refractivity contribution in [3.05, 3.63) is 69.6 Å². The smallest absolute Gasteiger partial charge is 0.252 e. The van der Waals surface area contributed by atoms with Crippen molar-refractivity contribution in [2.75, 3.05) is 13.1 Å². The van der Waals surface area contributed by atoms with Crippen LogP contribution < -0.4 is 10.9 Å². The molecule has 0 saturated carbocycles. The lowest BCUT2D eigenvalue weighted by atomic mass is 9.83. The van der Waals surface area contributed by atoms with Gasteiger partial charge >= 0.3 is 0 Å². The van der Waals surface area contributed by atoms with Crippen LogP contribution in [0.15, 0.2) is 47.3 Å². The Morgan fingerprint density at radius 2 is 1.83 bits per heavy atom. The topological polar surface area (TPSA) is 54.3 Å². The largest absolute Gasteiger partial charge is 0.332 e. The van der Waals surface area contributed by atoms with E-state index < -0.39 is 9.96 Å². The maximum Gasteiger partial charge on any atom is 0.252 e. The first kappa shape index (κ1) is 20.7. The highest BCUT2D eigenvalue weighted by Gasteiger charge is 2.44. The second-order valence-corrected chi connectivity index (χ2v) is 10.3. The van der Waals surface area contributed by atoms with Crippen molar-refractivity contribution < 1.29 is 4.79 Å². The van der Waals surface area contributed by atoms with E-state index in [1.807, 2.05) is 34.6 Å². The normalized spacial score (nSPS) is 22.6. The SMILES string of the molecule is Cc1ccc(C(=O)NC(N2CC3CC(C2)c2cccc(=O)n2C3)C(Cl)(Cl)Cl)cc1. The molecule has 3 atom stereocenters. The second-order valence-electron chi connectivity index (χ2n) is 7.94. The minimum absolute atomic E-state index is 0.0243. The third-order valence-electron chi connectivity index (χ3n) is 5.76. The van der Waals surface area contributed by atoms with Gasteiger partial charge in [-0.05, 0) is 37.5 Å². The zero-order valence-corrected chi connectivity index (χ0v) is 18.2. The van der Waals surface area contributed by atoms with Crippen LogP contribution in [0.4, 0.5) is 0 Å². The summed E-state index contributed by atoms with van der Waals surface area (Å²) in [5.74, 6) is 0.128. The Morgan fingerprint density at radius 1 is 1.10 bits per heavy atom. The molecular weight excluding hydrogens is 433 g/mol. The number of likely N-dealkylation sites (tertiary alicyclic amines) is 1. The fraction of sp³-hybridized carbons (Fsp3) is 0.429. The Balaban J connectivity index is 1.58. The van der Waals surface area contributed by atoms with Gasteiger partial charge in [0.1, 0.15) is 6.17 Å². The predicted octanol–water partition coefficient (Wildman–Crippen LogP) is 3.70. The van der Waals surface area contributed by atoms with E-state index in [0.717, 1.165) is 17.7 Å². The number of alkyl halides is 3. The summed E-state index contributed by atoms with van der Waals surface area (Å²) in [6.45, 7) is 3.85. The highest BCUT2D eigenvalue weighted by molar-refractivity contribution is 6.68. The molecular formula is C21H22Cl3N3O2. The molecule has 1 N–H and O–H groups in total. The number of hydrogen-bond acceptors (Lipinski definition) is 3. The Hall–Kier alpha value is -1.53. The Labute approximate surface area is 184 Å². The minimum atomic E-state index is -1.69. The van der Waals surface area contributed by atoms with Crippen LogP contribution in [0.25, 0.3) is 0 Å². The fourth-order valence-corrected chi connectivity index (χ4v) is 5.01. The van der Waals surface area contributed by atoms with Crippen LogP contribution in [0, 0.1) is 12.8 Å². The summed E-state index contributed by atoms with van der Waals surface area (Å²) in [7, 11) is 0. The van der Waals surface area contributed by atoms with Gasteiger partial charge in [0.25, 0.3) is 11.5 Å². The molecule has 3 unspecified atom stereocenters. The van der Waals surface area contributed by atoms with Crippen molar-refractivity contribution >= 4 is 40.7 Å². The van der Waals surface area contributed by atoms with Gasteiger partial charge in [-0.1, -0.05) is 58.6 Å². The zero-order valence-electron chi connectivity index (χ0n) is 15.9. The number of halogens is 3. The third kappa shape index (κ3) is 4.33. The lowest BCUT2D eigenvalue weighted by Crippen LogP contribution is -2.60. The molecule has 154 valence electrons. The first-order chi connectivity index (χ1) is 13.7. The van der Waals surface area contributed by atoms with Gasteiger partial charge in [-0.3, -0.25) is 14.5 Å². The van der Waals surface area contributed by atoms with Crippen molar-refractivity contribution in [2.24, 2.45) is 5.92 Å². The van der Waals surface area contributed by atoms with Gasteiger partial charge < -0.3 is 9.88 Å². The van der Waals surface area contributed by atoms with Gasteiger partial charge in [-0.25, -0.2) is 0 Å². The lowest BCUT2D eigenvalue weighted by Gasteiger charge is -2.47. The molecule has 1 saturated heterocycles. The average Bonchev–Trinajstić information content (AvgIpc) is 2.66. The number of aryl methyl sites for hydroxylation is 1. The Bertz CT molecular complexity index is 968. The molecule has 8 heteroatoms. The standard InChI is InChI=1S/C21H22Cl3N3O2/c1-13-5-7-15(8-6-13)19(29)25-20(21(22,23)24)26-10-14-9-16(12-26)17-3-2-4-18(28)27(17)11-14/h2-8,14,16,20H,9-12H2,1H3,(H,25,29). The average molecular weight is 455 g/mol. The summed E-state index contributed by atoms with van der Waals surface area (Å²) in [6, 6.07) is 12.6. The van der Waals surface area contributed by atoms with Crippen LogP contribution in [0.2, 0.25) is 0 Å². The van der Waals surface area contributed by atoms with E-state index in [2.05, 4.69) is 5.32 Å². The molecule has 5 nitrogen and oxygen atoms in total. The van der Waals surface area contributed by atoms with Crippen molar-refractivity contribution in [3.8, 4) is 0 Å². The molecule has 4 rings (SSSR count). The summed E-state index contributed by atoms with van der Waals surface area (Å²) < 4.78 is 0.160. The quantitative estimate of drug-likeness (QED) is 0.720. The number of piperidine rings is 1. The summed E-state index contributed by atoms with van der Waals surface area (Å²) in [5, 5.41) is 2.91. The molecule has 1 aromatic carbocycles. The van der Waals surface area contributed by atoms with Crippen LogP contribution in [0.1, 0.15) is 34.0 Å². The monoisotopic (exact) mass is 453 g/mol. The molecule has 2 aromatic rings. The molecule has 3 heterocycles. The Morgan fingerprint density at radius 3 is 2.52 bits per heavy atom. The van der Waals surface area contributed by atoms with Crippen LogP contribution >= 0.6 is 34.8 Å². The summed E-state index contributed by atoms with van der Waals surface area (Å²) in [6.07, 6.45) is 0.215. The molecule has 0 aliphatic carbocycles. The number of carbonyl (C=O) groups excluding carboxylic acids is 1. The molecule has 1 fully saturated rings. The number of aromatic nitrogens is 1. The summed E-state index contributed by atoms with van der Waals surface area (Å²) >= 11 is 18.9. The van der Waals surface area contributed by atoms with E-state index in [1.54, 1.807) is 24.3 Å². The maximum atomic E-state index is 12.8. The lowest BCUT2D eigenvalue weighted by molar-refractivity contribution is 0.0586. The van der Waals surface area contributed by atoms with Gasteiger partial charge in [0.15, 0.2) is 0 Å². The van der Waals surface area contributed by atoms with Gasteiger partial charge in [-0.15, -0.1) is 0 Å². The number of pyridine rings is 1. The number of benzene rings is 1. The summed E-state index contributed by atoms with van der Waals surface area (Å²) in [5.41, 5.74) is 2.61. The Kier molecular flexibility index (Phi) is 5.68. The molecule has 2 aliphatic rings. The van der Waals surface area contributed by atoms with Gasteiger partial charge in [0.2, 0.25) is 3.79 Å². The predicted molar refractivity (Wildman–Crippen MR) is 116 cm³/mol. The van der Waals surface area contributed by atoms with E-state index in [1.165, 1.54) is 0 Å². The number of nitrogens with one attached hydrogen (secondary N) is 1. The van der Waals surface area contributed by atoms with Gasteiger partial charge in [0.05, 0.1) is 0 Å². The van der Waals surface area contributed by atoms with Crippen LogP contribution in [0.5, 0.6) is 0 Å².